The standard InChI is InChI=1S/C24H36N2O7/c1-23(2,3)33-22(28)26-14-17-20-21(32-24(4,5)31-20)19(30-17)16(12-18(27)29-6)25-13-15-10-8-7-9-11-15/h7-11,16-17,19-21,25H,12-14H2,1-6H3,(H,26,28)/t16-,17+,19+,20+,21-/m0/s1. The number of carbonyl (C=O) groups is 2. The topological polar surface area (TPSA) is 104 Å². The number of carbonyl (C=O) groups excluding carboxylic acids is 2. The predicted molar refractivity (Wildman–Crippen MR) is 120 cm³/mol. The van der Waals surface area contributed by atoms with Crippen molar-refractivity contribution in [3.05, 3.63) is 35.9 Å². The van der Waals surface area contributed by atoms with Crippen molar-refractivity contribution < 1.29 is 33.3 Å². The molecule has 2 aliphatic rings. The highest BCUT2D eigenvalue weighted by Gasteiger charge is 2.57. The second-order valence-electron chi connectivity index (χ2n) is 9.84. The van der Waals surface area contributed by atoms with E-state index in [0.717, 1.165) is 5.56 Å². The van der Waals surface area contributed by atoms with Gasteiger partial charge in [0.1, 0.15) is 30.0 Å². The fourth-order valence-electron chi connectivity index (χ4n) is 4.11. The number of alkyl carbamates (subject to hydrolysis) is 1. The van der Waals surface area contributed by atoms with E-state index < -0.39 is 41.9 Å². The molecule has 2 N–H and O–H groups in total. The molecule has 0 bridgehead atoms. The molecule has 9 nitrogen and oxygen atoms in total. The van der Waals surface area contributed by atoms with E-state index in [1.165, 1.54) is 7.11 Å². The van der Waals surface area contributed by atoms with Crippen LogP contribution in [0.4, 0.5) is 4.79 Å². The molecule has 0 aromatic heterocycles. The largest absolute Gasteiger partial charge is 0.469 e. The first-order valence-electron chi connectivity index (χ1n) is 11.3. The van der Waals surface area contributed by atoms with Gasteiger partial charge in [-0.25, -0.2) is 4.79 Å². The lowest BCUT2D eigenvalue weighted by Gasteiger charge is -2.29. The Morgan fingerprint density at radius 3 is 2.42 bits per heavy atom. The molecule has 0 aliphatic carbocycles. The maximum absolute atomic E-state index is 12.2. The zero-order chi connectivity index (χ0) is 24.2. The van der Waals surface area contributed by atoms with Crippen molar-refractivity contribution in [1.29, 1.82) is 0 Å². The van der Waals surface area contributed by atoms with Crippen molar-refractivity contribution in [2.45, 2.75) is 89.4 Å². The molecule has 9 heteroatoms. The SMILES string of the molecule is COC(=O)C[C@H](NCc1ccccc1)[C@H]1O[C@H](CNC(=O)OC(C)(C)C)[C@H]2OC(C)(C)O[C@@H]12. The Balaban J connectivity index is 1.73. The summed E-state index contributed by atoms with van der Waals surface area (Å²) in [6, 6.07) is 9.51. The summed E-state index contributed by atoms with van der Waals surface area (Å²) in [5.74, 6) is -1.16. The van der Waals surface area contributed by atoms with Crippen LogP contribution in [-0.4, -0.2) is 67.6 Å². The fraction of sp³-hybridized carbons (Fsp3) is 0.667. The molecular formula is C24H36N2O7. The van der Waals surface area contributed by atoms with Crippen LogP contribution in [0.15, 0.2) is 30.3 Å². The van der Waals surface area contributed by atoms with E-state index in [1.54, 1.807) is 20.8 Å². The van der Waals surface area contributed by atoms with Crippen LogP contribution in [-0.2, 0) is 35.0 Å². The third kappa shape index (κ3) is 7.14. The Morgan fingerprint density at radius 1 is 1.12 bits per heavy atom. The third-order valence-electron chi connectivity index (χ3n) is 5.45. The average molecular weight is 465 g/mol. The first kappa shape index (κ1) is 25.4. The second-order valence-corrected chi connectivity index (χ2v) is 9.84. The number of fused-ring (bicyclic) bond motifs is 1. The molecule has 1 aromatic rings. The van der Waals surface area contributed by atoms with E-state index in [1.807, 2.05) is 44.2 Å². The van der Waals surface area contributed by atoms with E-state index >= 15 is 0 Å². The molecule has 184 valence electrons. The number of amides is 1. The molecule has 0 spiro atoms. The van der Waals surface area contributed by atoms with Crippen LogP contribution >= 0.6 is 0 Å². The van der Waals surface area contributed by atoms with Gasteiger partial charge in [0.2, 0.25) is 0 Å². The van der Waals surface area contributed by atoms with E-state index in [2.05, 4.69) is 10.6 Å². The van der Waals surface area contributed by atoms with Gasteiger partial charge in [-0.1, -0.05) is 30.3 Å². The molecule has 0 unspecified atom stereocenters. The average Bonchev–Trinajstić information content (AvgIpc) is 3.22. The lowest BCUT2D eigenvalue weighted by Crippen LogP contribution is -2.47. The number of hydrogen-bond donors (Lipinski definition) is 2. The normalized spacial score (nSPS) is 27.0. The Hall–Kier alpha value is -2.20. The molecule has 33 heavy (non-hydrogen) atoms. The zero-order valence-electron chi connectivity index (χ0n) is 20.3. The van der Waals surface area contributed by atoms with Gasteiger partial charge in [0.15, 0.2) is 5.79 Å². The van der Waals surface area contributed by atoms with Crippen LogP contribution in [0.5, 0.6) is 0 Å². The lowest BCUT2D eigenvalue weighted by atomic mass is 9.99. The van der Waals surface area contributed by atoms with Gasteiger partial charge in [-0.2, -0.15) is 0 Å². The van der Waals surface area contributed by atoms with Crippen molar-refractivity contribution in [2.24, 2.45) is 0 Å². The minimum absolute atomic E-state index is 0.104. The summed E-state index contributed by atoms with van der Waals surface area (Å²) in [5, 5.41) is 6.18. The molecule has 0 radical (unpaired) electrons. The Bertz CT molecular complexity index is 809. The molecule has 2 aliphatic heterocycles. The van der Waals surface area contributed by atoms with Gasteiger partial charge in [0.25, 0.3) is 0 Å². The summed E-state index contributed by atoms with van der Waals surface area (Å²) in [6.45, 7) is 9.83. The minimum atomic E-state index is -0.809. The minimum Gasteiger partial charge on any atom is -0.469 e. The van der Waals surface area contributed by atoms with Gasteiger partial charge in [-0.3, -0.25) is 4.79 Å². The number of esters is 1. The fourth-order valence-corrected chi connectivity index (χ4v) is 4.11. The highest BCUT2D eigenvalue weighted by Crippen LogP contribution is 2.40. The lowest BCUT2D eigenvalue weighted by molar-refractivity contribution is -0.189. The zero-order valence-corrected chi connectivity index (χ0v) is 20.3. The number of methoxy groups -OCH3 is 1. The van der Waals surface area contributed by atoms with Gasteiger partial charge >= 0.3 is 12.1 Å². The first-order valence-corrected chi connectivity index (χ1v) is 11.3. The first-order chi connectivity index (χ1) is 15.5. The quantitative estimate of drug-likeness (QED) is 0.566. The second kappa shape index (κ2) is 10.4. The smallest absolute Gasteiger partial charge is 0.407 e. The molecule has 2 fully saturated rings. The molecule has 1 aromatic carbocycles. The number of rotatable bonds is 8. The summed E-state index contributed by atoms with van der Waals surface area (Å²) in [5.41, 5.74) is 0.474. The van der Waals surface area contributed by atoms with Crippen LogP contribution in [0.2, 0.25) is 0 Å². The van der Waals surface area contributed by atoms with Crippen molar-refractivity contribution in [2.75, 3.05) is 13.7 Å². The van der Waals surface area contributed by atoms with E-state index in [4.69, 9.17) is 23.7 Å². The van der Waals surface area contributed by atoms with Crippen molar-refractivity contribution in [1.82, 2.24) is 10.6 Å². The van der Waals surface area contributed by atoms with Crippen molar-refractivity contribution in [3.63, 3.8) is 0 Å². The van der Waals surface area contributed by atoms with Gasteiger partial charge in [-0.05, 0) is 40.2 Å². The molecule has 0 saturated carbocycles. The molecule has 3 rings (SSSR count). The van der Waals surface area contributed by atoms with Crippen LogP contribution in [0, 0.1) is 0 Å². The Labute approximate surface area is 195 Å². The summed E-state index contributed by atoms with van der Waals surface area (Å²) < 4.78 is 28.8. The monoisotopic (exact) mass is 464 g/mol. The molecule has 5 atom stereocenters. The Kier molecular flexibility index (Phi) is 8.00. The number of hydrogen-bond acceptors (Lipinski definition) is 8. The molecule has 2 saturated heterocycles. The summed E-state index contributed by atoms with van der Waals surface area (Å²) in [6.07, 6.45) is -2.19. The Morgan fingerprint density at radius 2 is 1.79 bits per heavy atom. The highest BCUT2D eigenvalue weighted by molar-refractivity contribution is 5.70. The predicted octanol–water partition coefficient (Wildman–Crippen LogP) is 2.52. The molecule has 1 amide bonds. The third-order valence-corrected chi connectivity index (χ3v) is 5.45. The summed E-state index contributed by atoms with van der Waals surface area (Å²) in [7, 11) is 1.36. The summed E-state index contributed by atoms with van der Waals surface area (Å²) >= 11 is 0. The van der Waals surface area contributed by atoms with Gasteiger partial charge < -0.3 is 34.3 Å². The summed E-state index contributed by atoms with van der Waals surface area (Å²) in [4.78, 5) is 24.3. The van der Waals surface area contributed by atoms with Crippen LogP contribution in [0.1, 0.15) is 46.6 Å². The van der Waals surface area contributed by atoms with Crippen molar-refractivity contribution in [3.8, 4) is 0 Å². The van der Waals surface area contributed by atoms with Crippen LogP contribution in [0.25, 0.3) is 0 Å². The van der Waals surface area contributed by atoms with E-state index in [-0.39, 0.29) is 25.0 Å². The van der Waals surface area contributed by atoms with Gasteiger partial charge in [0.05, 0.1) is 13.5 Å². The van der Waals surface area contributed by atoms with E-state index in [9.17, 15) is 9.59 Å². The maximum Gasteiger partial charge on any atom is 0.407 e. The van der Waals surface area contributed by atoms with Crippen LogP contribution < -0.4 is 10.6 Å². The number of nitrogens with one attached hydrogen (secondary N) is 2. The maximum atomic E-state index is 12.2. The number of ether oxygens (including phenoxy) is 5. The van der Waals surface area contributed by atoms with Crippen LogP contribution in [0.3, 0.4) is 0 Å². The van der Waals surface area contributed by atoms with E-state index in [0.29, 0.717) is 6.54 Å². The van der Waals surface area contributed by atoms with Crippen molar-refractivity contribution >= 4 is 12.1 Å². The molecule has 2 heterocycles. The number of benzene rings is 1. The van der Waals surface area contributed by atoms with Gasteiger partial charge in [-0.15, -0.1) is 0 Å². The highest BCUT2D eigenvalue weighted by atomic mass is 16.8. The van der Waals surface area contributed by atoms with Gasteiger partial charge in [0, 0.05) is 19.1 Å². The molecular weight excluding hydrogens is 428 g/mol.